The highest BCUT2D eigenvalue weighted by molar-refractivity contribution is 6.00. The Balaban J connectivity index is 1.45. The molecule has 2 aromatic rings. The van der Waals surface area contributed by atoms with Crippen LogP contribution in [0, 0.1) is 10.1 Å². The quantitative estimate of drug-likeness (QED) is 0.359. The SMILES string of the molecule is CC(C)(C)OC(=O)N1C2CCC1CC(c1ccc([N+](=O)[O-])cc1)=C(COc1ccc3c(c1)C(=O)CC3)C2. The number of carbonyl (C=O) groups excluding carboxylic acids is 2. The summed E-state index contributed by atoms with van der Waals surface area (Å²) in [4.78, 5) is 38.0. The molecule has 3 aliphatic rings. The lowest BCUT2D eigenvalue weighted by Gasteiger charge is -2.31. The van der Waals surface area contributed by atoms with E-state index in [9.17, 15) is 19.7 Å². The molecule has 37 heavy (non-hydrogen) atoms. The van der Waals surface area contributed by atoms with Gasteiger partial charge in [0.1, 0.15) is 18.0 Å². The number of rotatable bonds is 5. The number of ketones is 1. The number of amides is 1. The first-order valence-electron chi connectivity index (χ1n) is 12.8. The predicted molar refractivity (Wildman–Crippen MR) is 139 cm³/mol. The van der Waals surface area contributed by atoms with Crippen LogP contribution in [0.15, 0.2) is 48.0 Å². The molecule has 2 unspecified atom stereocenters. The molecule has 0 N–H and O–H groups in total. The largest absolute Gasteiger partial charge is 0.489 e. The molecule has 2 heterocycles. The molecule has 0 radical (unpaired) electrons. The van der Waals surface area contributed by atoms with E-state index in [0.29, 0.717) is 31.6 Å². The number of nitro groups is 1. The van der Waals surface area contributed by atoms with E-state index < -0.39 is 10.5 Å². The van der Waals surface area contributed by atoms with E-state index in [1.54, 1.807) is 12.1 Å². The van der Waals surface area contributed by atoms with E-state index in [0.717, 1.165) is 47.1 Å². The summed E-state index contributed by atoms with van der Waals surface area (Å²) in [5.41, 5.74) is 4.24. The molecule has 5 rings (SSSR count). The van der Waals surface area contributed by atoms with Crippen molar-refractivity contribution in [2.45, 2.75) is 77.0 Å². The Labute approximate surface area is 216 Å². The highest BCUT2D eigenvalue weighted by Crippen LogP contribution is 2.42. The molecule has 0 aromatic heterocycles. The number of ether oxygens (including phenoxy) is 2. The van der Waals surface area contributed by atoms with Crippen LogP contribution in [0.2, 0.25) is 0 Å². The molecule has 2 atom stereocenters. The summed E-state index contributed by atoms with van der Waals surface area (Å²) in [6.07, 6.45) is 4.02. The average Bonchev–Trinajstić information content (AvgIpc) is 3.36. The number of carbonyl (C=O) groups is 2. The normalized spacial score (nSPS) is 21.1. The smallest absolute Gasteiger partial charge is 0.410 e. The first-order chi connectivity index (χ1) is 17.6. The molecule has 2 bridgehead atoms. The van der Waals surface area contributed by atoms with Gasteiger partial charge in [-0.3, -0.25) is 14.9 Å². The molecule has 8 nitrogen and oxygen atoms in total. The van der Waals surface area contributed by atoms with Gasteiger partial charge in [-0.05, 0) is 99.4 Å². The van der Waals surface area contributed by atoms with E-state index in [4.69, 9.17) is 9.47 Å². The first kappa shape index (κ1) is 25.0. The van der Waals surface area contributed by atoms with Crippen LogP contribution in [0.25, 0.3) is 5.57 Å². The van der Waals surface area contributed by atoms with Crippen molar-refractivity contribution in [2.75, 3.05) is 6.61 Å². The minimum absolute atomic E-state index is 0.00408. The van der Waals surface area contributed by atoms with Crippen LogP contribution < -0.4 is 4.74 Å². The Hall–Kier alpha value is -3.68. The van der Waals surface area contributed by atoms with Crippen LogP contribution in [0.3, 0.4) is 0 Å². The van der Waals surface area contributed by atoms with E-state index >= 15 is 0 Å². The zero-order valence-corrected chi connectivity index (χ0v) is 21.5. The molecule has 1 saturated heterocycles. The fourth-order valence-electron chi connectivity index (χ4n) is 5.69. The maximum Gasteiger partial charge on any atom is 0.410 e. The third kappa shape index (κ3) is 5.24. The third-order valence-electron chi connectivity index (χ3n) is 7.42. The van der Waals surface area contributed by atoms with Crippen molar-refractivity contribution in [2.24, 2.45) is 0 Å². The summed E-state index contributed by atoms with van der Waals surface area (Å²) in [5.74, 6) is 0.786. The zero-order chi connectivity index (χ0) is 26.3. The molecular weight excluding hydrogens is 472 g/mol. The summed E-state index contributed by atoms with van der Waals surface area (Å²) < 4.78 is 12.0. The Morgan fingerprint density at radius 3 is 2.43 bits per heavy atom. The van der Waals surface area contributed by atoms with Crippen molar-refractivity contribution in [3.05, 3.63) is 74.8 Å². The van der Waals surface area contributed by atoms with Crippen LogP contribution in [0.4, 0.5) is 10.5 Å². The van der Waals surface area contributed by atoms with Gasteiger partial charge in [0.25, 0.3) is 5.69 Å². The summed E-state index contributed by atoms with van der Waals surface area (Å²) >= 11 is 0. The number of hydrogen-bond donors (Lipinski definition) is 0. The third-order valence-corrected chi connectivity index (χ3v) is 7.42. The Kier molecular flexibility index (Phi) is 6.52. The number of hydrogen-bond acceptors (Lipinski definition) is 6. The van der Waals surface area contributed by atoms with Crippen LogP contribution in [-0.4, -0.2) is 46.0 Å². The molecule has 2 aliphatic heterocycles. The fourth-order valence-corrected chi connectivity index (χ4v) is 5.69. The molecule has 0 saturated carbocycles. The fraction of sp³-hybridized carbons (Fsp3) is 0.448. The van der Waals surface area contributed by atoms with Crippen molar-refractivity contribution in [1.29, 1.82) is 0 Å². The number of nitrogens with zero attached hydrogens (tertiary/aromatic N) is 2. The summed E-state index contributed by atoms with van der Waals surface area (Å²) in [6, 6.07) is 12.3. The van der Waals surface area contributed by atoms with Gasteiger partial charge in [0.15, 0.2) is 5.78 Å². The van der Waals surface area contributed by atoms with Gasteiger partial charge in [0.2, 0.25) is 0 Å². The molecular formula is C29H32N2O6. The number of aryl methyl sites for hydroxylation is 1. The maximum absolute atomic E-state index is 13.2. The van der Waals surface area contributed by atoms with Crippen molar-refractivity contribution in [3.63, 3.8) is 0 Å². The Bertz CT molecular complexity index is 1270. The van der Waals surface area contributed by atoms with Crippen LogP contribution in [-0.2, 0) is 11.2 Å². The first-order valence-corrected chi connectivity index (χ1v) is 12.8. The van der Waals surface area contributed by atoms with Gasteiger partial charge in [-0.2, -0.15) is 0 Å². The molecule has 8 heteroatoms. The molecule has 1 amide bonds. The van der Waals surface area contributed by atoms with Gasteiger partial charge in [-0.25, -0.2) is 4.79 Å². The van der Waals surface area contributed by atoms with Crippen molar-refractivity contribution >= 4 is 23.1 Å². The minimum atomic E-state index is -0.589. The monoisotopic (exact) mass is 504 g/mol. The Morgan fingerprint density at radius 1 is 1.05 bits per heavy atom. The molecule has 1 fully saturated rings. The summed E-state index contributed by atoms with van der Waals surface area (Å²) in [5, 5.41) is 11.2. The highest BCUT2D eigenvalue weighted by atomic mass is 16.6. The van der Waals surface area contributed by atoms with Gasteiger partial charge in [0.05, 0.1) is 4.92 Å². The topological polar surface area (TPSA) is 99.0 Å². The van der Waals surface area contributed by atoms with Crippen LogP contribution >= 0.6 is 0 Å². The number of non-ortho nitro benzene ring substituents is 1. The molecule has 0 spiro atoms. The predicted octanol–water partition coefficient (Wildman–Crippen LogP) is 6.12. The van der Waals surface area contributed by atoms with E-state index in [2.05, 4.69) is 0 Å². The van der Waals surface area contributed by atoms with E-state index in [1.807, 2.05) is 43.9 Å². The van der Waals surface area contributed by atoms with Crippen molar-refractivity contribution < 1.29 is 24.0 Å². The number of nitro benzene ring substituents is 1. The maximum atomic E-state index is 13.2. The number of fused-ring (bicyclic) bond motifs is 3. The zero-order valence-electron chi connectivity index (χ0n) is 21.5. The average molecular weight is 505 g/mol. The van der Waals surface area contributed by atoms with Gasteiger partial charge < -0.3 is 14.4 Å². The molecule has 2 aromatic carbocycles. The number of benzene rings is 2. The number of Topliss-reactive ketones (excluding diaryl/α,β-unsaturated/α-hetero) is 1. The second kappa shape index (κ2) is 9.65. The van der Waals surface area contributed by atoms with Crippen molar-refractivity contribution in [3.8, 4) is 5.75 Å². The van der Waals surface area contributed by atoms with Gasteiger partial charge in [-0.15, -0.1) is 0 Å². The van der Waals surface area contributed by atoms with Crippen molar-refractivity contribution in [1.82, 2.24) is 4.90 Å². The summed E-state index contributed by atoms with van der Waals surface area (Å²) in [6.45, 7) is 5.91. The van der Waals surface area contributed by atoms with E-state index in [1.165, 1.54) is 12.1 Å². The highest BCUT2D eigenvalue weighted by Gasteiger charge is 2.42. The lowest BCUT2D eigenvalue weighted by molar-refractivity contribution is -0.384. The van der Waals surface area contributed by atoms with Gasteiger partial charge >= 0.3 is 6.09 Å². The van der Waals surface area contributed by atoms with Gasteiger partial charge in [0, 0.05) is 36.2 Å². The second-order valence-electron chi connectivity index (χ2n) is 11.1. The molecule has 194 valence electrons. The van der Waals surface area contributed by atoms with Crippen LogP contribution in [0.1, 0.15) is 74.4 Å². The second-order valence-corrected chi connectivity index (χ2v) is 11.1. The summed E-state index contributed by atoms with van der Waals surface area (Å²) in [7, 11) is 0. The lowest BCUT2D eigenvalue weighted by atomic mass is 9.89. The van der Waals surface area contributed by atoms with Gasteiger partial charge in [-0.1, -0.05) is 6.07 Å². The standard InChI is InChI=1S/C29H32N2O6/c1-29(2,3)37-28(33)30-22-10-11-23(30)15-25(18-4-8-21(9-5-18)31(34)35)20(14-22)17-36-24-12-6-19-7-13-27(32)26(19)16-24/h4-6,8-9,12,16,22-23H,7,10-11,13-15,17H2,1-3H3. The molecule has 1 aliphatic carbocycles. The Morgan fingerprint density at radius 2 is 1.76 bits per heavy atom. The van der Waals surface area contributed by atoms with E-state index in [-0.39, 0.29) is 29.6 Å². The van der Waals surface area contributed by atoms with Crippen LogP contribution in [0.5, 0.6) is 5.75 Å². The minimum Gasteiger partial charge on any atom is -0.489 e. The lowest BCUT2D eigenvalue weighted by Crippen LogP contribution is -2.43.